The molecule has 0 fully saturated rings. The van der Waals surface area contributed by atoms with Crippen LogP contribution in [-0.2, 0) is 13.0 Å². The van der Waals surface area contributed by atoms with Gasteiger partial charge in [-0.1, -0.05) is 18.2 Å². The van der Waals surface area contributed by atoms with Gasteiger partial charge in [-0.15, -0.1) is 11.3 Å². The summed E-state index contributed by atoms with van der Waals surface area (Å²) in [6.07, 6.45) is 7.03. The first-order valence-corrected chi connectivity index (χ1v) is 9.31. The Labute approximate surface area is 160 Å². The summed E-state index contributed by atoms with van der Waals surface area (Å²) < 4.78 is 1.24. The lowest BCUT2D eigenvalue weighted by atomic mass is 10.1. The van der Waals surface area contributed by atoms with Gasteiger partial charge < -0.3 is 11.1 Å². The average Bonchev–Trinajstić information content (AvgIpc) is 3.16. The van der Waals surface area contributed by atoms with Gasteiger partial charge in [0.05, 0.1) is 16.9 Å². The van der Waals surface area contributed by atoms with Gasteiger partial charge >= 0.3 is 0 Å². The molecular formula is C20H17N5OS. The predicted molar refractivity (Wildman–Crippen MR) is 107 cm³/mol. The van der Waals surface area contributed by atoms with E-state index in [9.17, 15) is 4.79 Å². The van der Waals surface area contributed by atoms with Crippen LogP contribution >= 0.6 is 11.3 Å². The first-order chi connectivity index (χ1) is 13.2. The lowest BCUT2D eigenvalue weighted by Gasteiger charge is -2.12. The molecule has 0 spiro atoms. The third-order valence-corrected chi connectivity index (χ3v) is 5.24. The van der Waals surface area contributed by atoms with E-state index in [1.807, 2.05) is 12.1 Å². The zero-order valence-corrected chi connectivity index (χ0v) is 15.2. The first-order valence-electron chi connectivity index (χ1n) is 8.43. The average molecular weight is 375 g/mol. The van der Waals surface area contributed by atoms with E-state index in [1.54, 1.807) is 29.9 Å². The summed E-state index contributed by atoms with van der Waals surface area (Å²) in [6, 6.07) is 10.2. The number of aromatic nitrogens is 3. The Kier molecular flexibility index (Phi) is 4.76. The van der Waals surface area contributed by atoms with Crippen LogP contribution in [0.25, 0.3) is 10.1 Å². The number of nitrogens with zero attached hydrogens (tertiary/aromatic N) is 3. The van der Waals surface area contributed by atoms with Crippen molar-refractivity contribution < 1.29 is 4.79 Å². The molecule has 4 aromatic rings. The van der Waals surface area contributed by atoms with E-state index in [0.717, 1.165) is 11.4 Å². The summed E-state index contributed by atoms with van der Waals surface area (Å²) in [5.41, 5.74) is 9.34. The molecule has 7 heteroatoms. The molecule has 3 aromatic heterocycles. The van der Waals surface area contributed by atoms with Crippen molar-refractivity contribution in [1.29, 1.82) is 0 Å². The molecule has 3 N–H and O–H groups in total. The Morgan fingerprint density at radius 3 is 2.85 bits per heavy atom. The molecule has 0 bridgehead atoms. The third-order valence-electron chi connectivity index (χ3n) is 4.23. The van der Waals surface area contributed by atoms with Crippen molar-refractivity contribution in [3.8, 4) is 0 Å². The van der Waals surface area contributed by atoms with E-state index in [0.29, 0.717) is 24.2 Å². The zero-order chi connectivity index (χ0) is 18.6. The highest BCUT2D eigenvalue weighted by molar-refractivity contribution is 7.17. The summed E-state index contributed by atoms with van der Waals surface area (Å²) in [6.45, 7) is 0.590. The van der Waals surface area contributed by atoms with Crippen molar-refractivity contribution in [3.63, 3.8) is 0 Å². The monoisotopic (exact) mass is 375 g/mol. The summed E-state index contributed by atoms with van der Waals surface area (Å²) >= 11 is 1.71. The number of primary amides is 1. The van der Waals surface area contributed by atoms with Crippen LogP contribution in [0.3, 0.4) is 0 Å². The molecule has 0 radical (unpaired) electrons. The number of nitrogens with one attached hydrogen (secondary N) is 1. The molecule has 0 aliphatic heterocycles. The van der Waals surface area contributed by atoms with E-state index < -0.39 is 5.91 Å². The summed E-state index contributed by atoms with van der Waals surface area (Å²) in [5.74, 6) is -0.509. The van der Waals surface area contributed by atoms with Crippen LogP contribution in [0.15, 0.2) is 60.5 Å². The van der Waals surface area contributed by atoms with Crippen LogP contribution in [-0.4, -0.2) is 20.9 Å². The van der Waals surface area contributed by atoms with E-state index in [1.165, 1.54) is 21.8 Å². The van der Waals surface area contributed by atoms with Gasteiger partial charge in [0.25, 0.3) is 5.91 Å². The maximum Gasteiger partial charge on any atom is 0.252 e. The summed E-state index contributed by atoms with van der Waals surface area (Å²) in [7, 11) is 0. The number of nitrogens with two attached hydrogens (primary N) is 1. The minimum atomic E-state index is -0.509. The molecule has 1 aromatic carbocycles. The molecule has 0 saturated heterocycles. The van der Waals surface area contributed by atoms with E-state index in [2.05, 4.69) is 43.8 Å². The second-order valence-corrected chi connectivity index (χ2v) is 6.98. The zero-order valence-electron chi connectivity index (χ0n) is 14.4. The number of pyridine rings is 1. The van der Waals surface area contributed by atoms with Crippen molar-refractivity contribution >= 4 is 33.0 Å². The lowest BCUT2D eigenvalue weighted by Crippen LogP contribution is -2.15. The highest BCUT2D eigenvalue weighted by Gasteiger charge is 2.12. The third kappa shape index (κ3) is 3.78. The van der Waals surface area contributed by atoms with Crippen molar-refractivity contribution in [2.75, 3.05) is 5.32 Å². The molecule has 6 nitrogen and oxygen atoms in total. The number of rotatable bonds is 6. The van der Waals surface area contributed by atoms with E-state index in [4.69, 9.17) is 5.73 Å². The van der Waals surface area contributed by atoms with Crippen molar-refractivity contribution in [2.45, 2.75) is 13.0 Å². The second-order valence-electron chi connectivity index (χ2n) is 6.07. The molecule has 134 valence electrons. The SMILES string of the molecule is NC(=O)c1cnc(Cc2cnccn2)cc1NCc1cccc2ccsc12. The molecule has 4 rings (SSSR count). The maximum atomic E-state index is 11.8. The van der Waals surface area contributed by atoms with Crippen molar-refractivity contribution in [2.24, 2.45) is 5.73 Å². The Hall–Kier alpha value is -3.32. The fraction of sp³-hybridized carbons (Fsp3) is 0.100. The highest BCUT2D eigenvalue weighted by Crippen LogP contribution is 2.26. The van der Waals surface area contributed by atoms with Gasteiger partial charge in [0, 0.05) is 48.1 Å². The minimum Gasteiger partial charge on any atom is -0.380 e. The topological polar surface area (TPSA) is 93.8 Å². The molecule has 0 atom stereocenters. The highest BCUT2D eigenvalue weighted by atomic mass is 32.1. The molecule has 0 aliphatic carbocycles. The second kappa shape index (κ2) is 7.51. The molecule has 0 aliphatic rings. The number of carbonyl (C=O) groups excluding carboxylic acids is 1. The molecule has 0 unspecified atom stereocenters. The van der Waals surface area contributed by atoms with Crippen LogP contribution in [0.5, 0.6) is 0 Å². The van der Waals surface area contributed by atoms with Crippen molar-refractivity contribution in [3.05, 3.63) is 83.0 Å². The number of carbonyl (C=O) groups is 1. The molecule has 27 heavy (non-hydrogen) atoms. The quantitative estimate of drug-likeness (QED) is 0.539. The smallest absolute Gasteiger partial charge is 0.252 e. The minimum absolute atomic E-state index is 0.372. The number of anilines is 1. The van der Waals surface area contributed by atoms with Crippen molar-refractivity contribution in [1.82, 2.24) is 15.0 Å². The van der Waals surface area contributed by atoms with Crippen LogP contribution in [0.1, 0.15) is 27.3 Å². The Balaban J connectivity index is 1.60. The maximum absolute atomic E-state index is 11.8. The van der Waals surface area contributed by atoms with Gasteiger partial charge in [-0.25, -0.2) is 0 Å². The normalized spacial score (nSPS) is 10.8. The standard InChI is InChI=1S/C20H17N5OS/c21-20(26)17-12-24-15(8-16-11-22-5-6-23-16)9-18(17)25-10-14-3-1-2-13-4-7-27-19(13)14/h1-7,9,11-12H,8,10H2,(H2,21,26)(H,24,25). The Morgan fingerprint density at radius 1 is 1.11 bits per heavy atom. The largest absolute Gasteiger partial charge is 0.380 e. The van der Waals surface area contributed by atoms with Crippen LogP contribution in [0, 0.1) is 0 Å². The van der Waals surface area contributed by atoms with Crippen LogP contribution in [0.4, 0.5) is 5.69 Å². The number of hydrogen-bond acceptors (Lipinski definition) is 6. The molecule has 3 heterocycles. The predicted octanol–water partition coefficient (Wildman–Crippen LogP) is 3.39. The number of fused-ring (bicyclic) bond motifs is 1. The van der Waals surface area contributed by atoms with Gasteiger partial charge in [-0.2, -0.15) is 0 Å². The lowest BCUT2D eigenvalue weighted by molar-refractivity contribution is 0.100. The fourth-order valence-electron chi connectivity index (χ4n) is 2.93. The number of hydrogen-bond donors (Lipinski definition) is 2. The van der Waals surface area contributed by atoms with E-state index in [-0.39, 0.29) is 0 Å². The number of benzene rings is 1. The molecule has 1 amide bonds. The molecule has 0 saturated carbocycles. The van der Waals surface area contributed by atoms with Gasteiger partial charge in [-0.05, 0) is 28.5 Å². The summed E-state index contributed by atoms with van der Waals surface area (Å²) in [4.78, 5) is 24.5. The summed E-state index contributed by atoms with van der Waals surface area (Å²) in [5, 5.41) is 6.64. The van der Waals surface area contributed by atoms with E-state index >= 15 is 0 Å². The van der Waals surface area contributed by atoms with Crippen LogP contribution in [0.2, 0.25) is 0 Å². The van der Waals surface area contributed by atoms with Gasteiger partial charge in [0.15, 0.2) is 0 Å². The van der Waals surface area contributed by atoms with Gasteiger partial charge in [-0.3, -0.25) is 19.7 Å². The van der Waals surface area contributed by atoms with Gasteiger partial charge in [0.2, 0.25) is 0 Å². The Morgan fingerprint density at radius 2 is 2.04 bits per heavy atom. The van der Waals surface area contributed by atoms with Gasteiger partial charge in [0.1, 0.15) is 0 Å². The first kappa shape index (κ1) is 17.1. The van der Waals surface area contributed by atoms with Crippen LogP contribution < -0.4 is 11.1 Å². The number of amides is 1. The fourth-order valence-corrected chi connectivity index (χ4v) is 3.84. The number of thiophene rings is 1. The molecular weight excluding hydrogens is 358 g/mol. The Bertz CT molecular complexity index is 1090.